The zero-order valence-electron chi connectivity index (χ0n) is 29.6. The van der Waals surface area contributed by atoms with Crippen molar-refractivity contribution < 1.29 is 32.3 Å². The molecule has 1 saturated carbocycles. The lowest BCUT2D eigenvalue weighted by Gasteiger charge is -2.34. The average Bonchev–Trinajstić information content (AvgIpc) is 3.17. The quantitative estimate of drug-likeness (QED) is 0.127. The Labute approximate surface area is 310 Å². The second kappa shape index (κ2) is 17.7. The van der Waals surface area contributed by atoms with E-state index >= 15 is 0 Å². The smallest absolute Gasteiger partial charge is 0.337 e. The van der Waals surface area contributed by atoms with Crippen LogP contribution in [0, 0.1) is 5.92 Å². The largest absolute Gasteiger partial charge is 0.469 e. The van der Waals surface area contributed by atoms with E-state index in [1.807, 2.05) is 24.3 Å². The molecule has 0 unspecified atom stereocenters. The van der Waals surface area contributed by atoms with Crippen molar-refractivity contribution in [3.05, 3.63) is 124 Å². The van der Waals surface area contributed by atoms with E-state index in [4.69, 9.17) is 21.1 Å². The number of methoxy groups -OCH3 is 2. The minimum absolute atomic E-state index is 0.0370. The van der Waals surface area contributed by atoms with E-state index in [1.54, 1.807) is 49.4 Å². The number of nitrogens with zero attached hydrogens (tertiary/aromatic N) is 1. The van der Waals surface area contributed by atoms with Gasteiger partial charge in [-0.15, -0.1) is 0 Å². The van der Waals surface area contributed by atoms with Gasteiger partial charge in [-0.05, 0) is 116 Å². The minimum atomic E-state index is -3.91. The molecule has 0 saturated heterocycles. The highest BCUT2D eigenvalue weighted by Crippen LogP contribution is 2.32. The molecule has 4 aromatic rings. The molecule has 12 heteroatoms. The fourth-order valence-corrected chi connectivity index (χ4v) is 8.48. The first kappa shape index (κ1) is 38.5. The summed E-state index contributed by atoms with van der Waals surface area (Å²) in [6, 6.07) is 26.5. The Hall–Kier alpha value is -4.71. The third kappa shape index (κ3) is 9.58. The van der Waals surface area contributed by atoms with Crippen LogP contribution in [0.1, 0.15) is 70.0 Å². The predicted octanol–water partition coefficient (Wildman–Crippen LogP) is 7.52. The maximum atomic E-state index is 13.8. The van der Waals surface area contributed by atoms with Crippen LogP contribution < -0.4 is 10.6 Å². The van der Waals surface area contributed by atoms with Crippen LogP contribution in [-0.4, -0.2) is 57.4 Å². The van der Waals surface area contributed by atoms with Crippen LogP contribution in [0.15, 0.2) is 95.9 Å². The van der Waals surface area contributed by atoms with Gasteiger partial charge in [-0.1, -0.05) is 48.9 Å². The number of carbonyl (C=O) groups is 3. The van der Waals surface area contributed by atoms with E-state index in [-0.39, 0.29) is 40.9 Å². The van der Waals surface area contributed by atoms with Crippen molar-refractivity contribution in [2.75, 3.05) is 31.4 Å². The Balaban J connectivity index is 1.20. The van der Waals surface area contributed by atoms with Gasteiger partial charge in [-0.25, -0.2) is 13.2 Å². The van der Waals surface area contributed by atoms with Gasteiger partial charge >= 0.3 is 11.9 Å². The van der Waals surface area contributed by atoms with Crippen LogP contribution in [0.25, 0.3) is 0 Å². The molecule has 1 fully saturated rings. The van der Waals surface area contributed by atoms with Gasteiger partial charge in [0.15, 0.2) is 0 Å². The number of halogens is 1. The molecule has 52 heavy (non-hydrogen) atoms. The van der Waals surface area contributed by atoms with Gasteiger partial charge in [0.2, 0.25) is 10.0 Å². The minimum Gasteiger partial charge on any atom is -0.469 e. The fraction of sp³-hybridized carbons (Fsp3) is 0.325. The highest BCUT2D eigenvalue weighted by molar-refractivity contribution is 7.89. The summed E-state index contributed by atoms with van der Waals surface area (Å²) in [4.78, 5) is 37.2. The maximum Gasteiger partial charge on any atom is 0.337 e. The molecule has 0 radical (unpaired) electrons. The second-order valence-electron chi connectivity index (χ2n) is 12.8. The van der Waals surface area contributed by atoms with E-state index in [0.717, 1.165) is 35.2 Å². The summed E-state index contributed by atoms with van der Waals surface area (Å²) in [6.45, 7) is 2.44. The monoisotopic (exact) mass is 745 g/mol. The molecule has 0 atom stereocenters. The van der Waals surface area contributed by atoms with Gasteiger partial charge in [-0.3, -0.25) is 9.59 Å². The first-order valence-corrected chi connectivity index (χ1v) is 19.1. The number of rotatable bonds is 14. The highest BCUT2D eigenvalue weighted by atomic mass is 35.5. The second-order valence-corrected chi connectivity index (χ2v) is 15.1. The average molecular weight is 746 g/mol. The molecule has 1 aliphatic carbocycles. The van der Waals surface area contributed by atoms with Crippen molar-refractivity contribution in [1.29, 1.82) is 0 Å². The van der Waals surface area contributed by atoms with Crippen LogP contribution in [0.4, 0.5) is 11.4 Å². The number of hydrogen-bond acceptors (Lipinski definition) is 8. The number of carbonyl (C=O) groups excluding carboxylic acids is 3. The Morgan fingerprint density at radius 1 is 0.808 bits per heavy atom. The summed E-state index contributed by atoms with van der Waals surface area (Å²) in [5.74, 6) is -1.28. The molecule has 2 N–H and O–H groups in total. The van der Waals surface area contributed by atoms with Crippen LogP contribution in [0.3, 0.4) is 0 Å². The molecule has 1 aliphatic rings. The summed E-state index contributed by atoms with van der Waals surface area (Å²) in [5.41, 5.74) is 5.20. The number of benzene rings is 4. The predicted molar refractivity (Wildman–Crippen MR) is 202 cm³/mol. The standard InChI is InChI=1S/C40H44ClN3O7S/c1-4-44(35-21-16-30(17-22-35)40(47)51-3)52(48,49)36-7-5-6-31(25-36)38(45)43-37-23-18-33(41)24-32(37)26-42-34-19-12-28(13-20-34)9-8-27-10-14-29(15-11-27)39(46)50-2/h5-7,10-15,18-20,23-25,30,35,42H,4,8-9,16-17,21-22,26H2,1-3H3,(H,43,45)/t30-,35-. The first-order chi connectivity index (χ1) is 25.0. The molecule has 274 valence electrons. The Kier molecular flexibility index (Phi) is 13.1. The number of esters is 2. The van der Waals surface area contributed by atoms with Crippen LogP contribution >= 0.6 is 11.6 Å². The molecule has 5 rings (SSSR count). The van der Waals surface area contributed by atoms with Crippen molar-refractivity contribution >= 4 is 50.8 Å². The zero-order valence-corrected chi connectivity index (χ0v) is 31.1. The van der Waals surface area contributed by atoms with Crippen LogP contribution in [-0.2, 0) is 43.7 Å². The molecule has 10 nitrogen and oxygen atoms in total. The molecule has 1 amide bonds. The third-order valence-corrected chi connectivity index (χ3v) is 11.7. The Morgan fingerprint density at radius 2 is 1.46 bits per heavy atom. The fourth-order valence-electron chi connectivity index (χ4n) is 6.55. The lowest BCUT2D eigenvalue weighted by molar-refractivity contribution is -0.146. The number of ether oxygens (including phenoxy) is 2. The summed E-state index contributed by atoms with van der Waals surface area (Å²) < 4.78 is 38.7. The summed E-state index contributed by atoms with van der Waals surface area (Å²) >= 11 is 6.34. The Morgan fingerprint density at radius 3 is 2.08 bits per heavy atom. The molecule has 4 aromatic carbocycles. The van der Waals surface area contributed by atoms with E-state index in [2.05, 4.69) is 22.8 Å². The SMILES string of the molecule is CCN([C@H]1CC[C@H](C(=O)OC)CC1)S(=O)(=O)c1cccc(C(=O)Nc2ccc(Cl)cc2CNc2ccc(CCc3ccc(C(=O)OC)cc3)cc2)c1. The number of aryl methyl sites for hydroxylation is 2. The van der Waals surface area contributed by atoms with E-state index in [0.29, 0.717) is 48.5 Å². The molecular weight excluding hydrogens is 702 g/mol. The summed E-state index contributed by atoms with van der Waals surface area (Å²) in [5, 5.41) is 6.84. The Bertz CT molecular complexity index is 1980. The van der Waals surface area contributed by atoms with Crippen molar-refractivity contribution in [2.45, 2.75) is 62.9 Å². The molecule has 0 heterocycles. The van der Waals surface area contributed by atoms with Gasteiger partial charge in [0, 0.05) is 41.1 Å². The maximum absolute atomic E-state index is 13.8. The van der Waals surface area contributed by atoms with Crippen LogP contribution in [0.5, 0.6) is 0 Å². The number of hydrogen-bond donors (Lipinski definition) is 2. The van der Waals surface area contributed by atoms with E-state index in [1.165, 1.54) is 30.7 Å². The molecule has 0 spiro atoms. The van der Waals surface area contributed by atoms with Crippen molar-refractivity contribution in [2.24, 2.45) is 5.92 Å². The highest BCUT2D eigenvalue weighted by Gasteiger charge is 2.35. The third-order valence-electron chi connectivity index (χ3n) is 9.48. The number of sulfonamides is 1. The van der Waals surface area contributed by atoms with Crippen molar-refractivity contribution in [3.63, 3.8) is 0 Å². The molecular formula is C40H44ClN3O7S. The normalized spacial score (nSPS) is 15.9. The topological polar surface area (TPSA) is 131 Å². The number of nitrogens with one attached hydrogen (secondary N) is 2. The first-order valence-electron chi connectivity index (χ1n) is 17.3. The molecule has 0 aliphatic heterocycles. The van der Waals surface area contributed by atoms with Crippen molar-refractivity contribution in [3.8, 4) is 0 Å². The number of amides is 1. The summed E-state index contributed by atoms with van der Waals surface area (Å²) in [7, 11) is -1.18. The van der Waals surface area contributed by atoms with Gasteiger partial charge < -0.3 is 20.1 Å². The van der Waals surface area contributed by atoms with E-state index in [9.17, 15) is 22.8 Å². The lowest BCUT2D eigenvalue weighted by atomic mass is 9.86. The van der Waals surface area contributed by atoms with Gasteiger partial charge in [0.25, 0.3) is 5.91 Å². The van der Waals surface area contributed by atoms with Crippen LogP contribution in [0.2, 0.25) is 5.02 Å². The zero-order chi connectivity index (χ0) is 37.3. The van der Waals surface area contributed by atoms with E-state index < -0.39 is 15.9 Å². The van der Waals surface area contributed by atoms with Crippen molar-refractivity contribution in [1.82, 2.24) is 4.31 Å². The number of anilines is 2. The lowest BCUT2D eigenvalue weighted by Crippen LogP contribution is -2.43. The molecule has 0 aromatic heterocycles. The van der Waals surface area contributed by atoms with Gasteiger partial charge in [0.05, 0.1) is 30.6 Å². The summed E-state index contributed by atoms with van der Waals surface area (Å²) in [6.07, 6.45) is 3.89. The molecule has 0 bridgehead atoms. The van der Waals surface area contributed by atoms with Gasteiger partial charge in [-0.2, -0.15) is 4.31 Å². The van der Waals surface area contributed by atoms with Gasteiger partial charge in [0.1, 0.15) is 0 Å².